The Kier molecular flexibility index (Phi) is 13.3. The number of hydrogen-bond donors (Lipinski definition) is 2. The van der Waals surface area contributed by atoms with Crippen molar-refractivity contribution in [3.8, 4) is 0 Å². The number of esters is 1. The van der Waals surface area contributed by atoms with Gasteiger partial charge in [0, 0.05) is 20.0 Å². The summed E-state index contributed by atoms with van der Waals surface area (Å²) in [5.41, 5.74) is 0. The van der Waals surface area contributed by atoms with Crippen LogP contribution in [-0.2, 0) is 19.1 Å². The van der Waals surface area contributed by atoms with Gasteiger partial charge in [-0.3, -0.25) is 14.4 Å². The van der Waals surface area contributed by atoms with Gasteiger partial charge in [0.25, 0.3) is 0 Å². The molecule has 1 unspecified atom stereocenters. The summed E-state index contributed by atoms with van der Waals surface area (Å²) < 4.78 is 5.30. The Morgan fingerprint density at radius 2 is 1.69 bits per heavy atom. The van der Waals surface area contributed by atoms with Gasteiger partial charge in [0.2, 0.25) is 11.8 Å². The number of carbonyl (C=O) groups excluding carboxylic acids is 3. The monoisotopic (exact) mass is 427 g/mol. The van der Waals surface area contributed by atoms with E-state index in [0.717, 1.165) is 19.3 Å². The first-order valence-corrected chi connectivity index (χ1v) is 11.4. The SMILES string of the molecule is CCCCCCCCCCCCOC(=O)CC1C(=O)NCCN1C(=S)NC(C)=O. The first-order valence-electron chi connectivity index (χ1n) is 11.0. The van der Waals surface area contributed by atoms with Crippen molar-refractivity contribution in [2.24, 2.45) is 0 Å². The lowest BCUT2D eigenvalue weighted by atomic mass is 10.1. The second-order valence-corrected chi connectivity index (χ2v) is 7.98. The summed E-state index contributed by atoms with van der Waals surface area (Å²) in [5.74, 6) is -0.998. The second-order valence-electron chi connectivity index (χ2n) is 7.59. The van der Waals surface area contributed by atoms with Gasteiger partial charge in [-0.1, -0.05) is 64.7 Å². The number of nitrogens with one attached hydrogen (secondary N) is 2. The van der Waals surface area contributed by atoms with Crippen molar-refractivity contribution in [2.75, 3.05) is 19.7 Å². The smallest absolute Gasteiger partial charge is 0.308 e. The third-order valence-electron chi connectivity index (χ3n) is 5.00. The lowest BCUT2D eigenvalue weighted by Gasteiger charge is -2.36. The largest absolute Gasteiger partial charge is 0.466 e. The van der Waals surface area contributed by atoms with E-state index in [4.69, 9.17) is 17.0 Å². The Hall–Kier alpha value is -1.70. The number of piperazine rings is 1. The summed E-state index contributed by atoms with van der Waals surface area (Å²) in [6.07, 6.45) is 12.1. The minimum atomic E-state index is -0.747. The maximum absolute atomic E-state index is 12.2. The summed E-state index contributed by atoms with van der Waals surface area (Å²) in [6.45, 7) is 4.82. The van der Waals surface area contributed by atoms with Crippen LogP contribution in [-0.4, -0.2) is 53.5 Å². The molecule has 1 atom stereocenters. The van der Waals surface area contributed by atoms with Crippen LogP contribution in [0.5, 0.6) is 0 Å². The molecule has 0 aromatic rings. The molecule has 1 saturated heterocycles. The normalized spacial score (nSPS) is 16.3. The number of thiocarbonyl (C=S) groups is 1. The van der Waals surface area contributed by atoms with Crippen LogP contribution in [0, 0.1) is 0 Å². The fraction of sp³-hybridized carbons (Fsp3) is 0.810. The molecular formula is C21H37N3O4S. The molecule has 0 saturated carbocycles. The fourth-order valence-corrected chi connectivity index (χ4v) is 3.74. The third-order valence-corrected chi connectivity index (χ3v) is 5.33. The van der Waals surface area contributed by atoms with E-state index in [9.17, 15) is 14.4 Å². The molecule has 1 rings (SSSR count). The summed E-state index contributed by atoms with van der Waals surface area (Å²) in [5, 5.41) is 5.41. The highest BCUT2D eigenvalue weighted by Crippen LogP contribution is 2.12. The van der Waals surface area contributed by atoms with E-state index in [-0.39, 0.29) is 23.3 Å². The Bertz CT molecular complexity index is 542. The predicted octanol–water partition coefficient (Wildman–Crippen LogP) is 3.06. The van der Waals surface area contributed by atoms with Crippen LogP contribution >= 0.6 is 12.2 Å². The zero-order valence-corrected chi connectivity index (χ0v) is 18.8. The molecule has 1 heterocycles. The molecular weight excluding hydrogens is 390 g/mol. The Labute approximate surface area is 180 Å². The van der Waals surface area contributed by atoms with Gasteiger partial charge >= 0.3 is 5.97 Å². The molecule has 1 aliphatic heterocycles. The molecule has 0 aliphatic carbocycles. The predicted molar refractivity (Wildman–Crippen MR) is 117 cm³/mol. The number of hydrogen-bond acceptors (Lipinski definition) is 5. The molecule has 2 amide bonds. The average Bonchev–Trinajstić information content (AvgIpc) is 2.67. The van der Waals surface area contributed by atoms with E-state index in [1.807, 2.05) is 0 Å². The fourth-order valence-electron chi connectivity index (χ4n) is 3.38. The maximum atomic E-state index is 12.2. The third kappa shape index (κ3) is 11.2. The summed E-state index contributed by atoms with van der Waals surface area (Å²) in [4.78, 5) is 37.1. The van der Waals surface area contributed by atoms with Crippen LogP contribution in [0.4, 0.5) is 0 Å². The van der Waals surface area contributed by atoms with Gasteiger partial charge < -0.3 is 20.3 Å². The van der Waals surface area contributed by atoms with E-state index >= 15 is 0 Å². The van der Waals surface area contributed by atoms with Gasteiger partial charge in [-0.25, -0.2) is 0 Å². The van der Waals surface area contributed by atoms with E-state index < -0.39 is 12.0 Å². The summed E-state index contributed by atoms with van der Waals surface area (Å²) >= 11 is 5.18. The number of nitrogens with zero attached hydrogens (tertiary/aromatic N) is 1. The van der Waals surface area contributed by atoms with Crippen LogP contribution in [0.2, 0.25) is 0 Å². The highest BCUT2D eigenvalue weighted by atomic mass is 32.1. The quantitative estimate of drug-likeness (QED) is 0.267. The zero-order chi connectivity index (χ0) is 21.5. The topological polar surface area (TPSA) is 87.7 Å². The van der Waals surface area contributed by atoms with Gasteiger partial charge in [0.15, 0.2) is 5.11 Å². The Morgan fingerprint density at radius 3 is 2.28 bits per heavy atom. The van der Waals surface area contributed by atoms with Gasteiger partial charge in [-0.2, -0.15) is 0 Å². The van der Waals surface area contributed by atoms with Gasteiger partial charge in [0.1, 0.15) is 6.04 Å². The van der Waals surface area contributed by atoms with Crippen molar-refractivity contribution < 1.29 is 19.1 Å². The van der Waals surface area contributed by atoms with E-state index in [0.29, 0.717) is 19.7 Å². The summed E-state index contributed by atoms with van der Waals surface area (Å²) in [7, 11) is 0. The molecule has 166 valence electrons. The second kappa shape index (κ2) is 15.2. The van der Waals surface area contributed by atoms with Gasteiger partial charge in [-0.05, 0) is 18.6 Å². The van der Waals surface area contributed by atoms with Crippen LogP contribution in [0.25, 0.3) is 0 Å². The molecule has 1 fully saturated rings. The first-order chi connectivity index (χ1) is 14.0. The lowest BCUT2D eigenvalue weighted by molar-refractivity contribution is -0.147. The lowest BCUT2D eigenvalue weighted by Crippen LogP contribution is -2.60. The molecule has 0 spiro atoms. The summed E-state index contributed by atoms with van der Waals surface area (Å²) in [6, 6.07) is -0.747. The van der Waals surface area contributed by atoms with Crippen molar-refractivity contribution in [3.05, 3.63) is 0 Å². The van der Waals surface area contributed by atoms with Crippen molar-refractivity contribution in [1.82, 2.24) is 15.5 Å². The van der Waals surface area contributed by atoms with Crippen molar-refractivity contribution in [2.45, 2.75) is 90.5 Å². The van der Waals surface area contributed by atoms with E-state index in [1.165, 1.54) is 51.9 Å². The zero-order valence-electron chi connectivity index (χ0n) is 18.0. The van der Waals surface area contributed by atoms with E-state index in [2.05, 4.69) is 17.6 Å². The standard InChI is InChI=1S/C21H37N3O4S/c1-3-4-5-6-7-8-9-10-11-12-15-28-19(26)16-18-20(27)22-13-14-24(18)21(29)23-17(2)25/h18H,3-16H2,1-2H3,(H,22,27)(H,23,25,29). The average molecular weight is 428 g/mol. The number of ether oxygens (including phenoxy) is 1. The maximum Gasteiger partial charge on any atom is 0.308 e. The molecule has 8 heteroatoms. The minimum absolute atomic E-state index is 0.0800. The number of unbranched alkanes of at least 4 members (excludes halogenated alkanes) is 9. The minimum Gasteiger partial charge on any atom is -0.466 e. The van der Waals surface area contributed by atoms with Crippen molar-refractivity contribution >= 4 is 35.1 Å². The van der Waals surface area contributed by atoms with E-state index in [1.54, 1.807) is 4.90 Å². The first kappa shape index (κ1) is 25.3. The Balaban J connectivity index is 2.19. The van der Waals surface area contributed by atoms with Crippen LogP contribution < -0.4 is 10.6 Å². The van der Waals surface area contributed by atoms with Crippen molar-refractivity contribution in [3.63, 3.8) is 0 Å². The molecule has 0 radical (unpaired) electrons. The van der Waals surface area contributed by atoms with Crippen molar-refractivity contribution in [1.29, 1.82) is 0 Å². The molecule has 0 aromatic heterocycles. The number of amides is 2. The molecule has 1 aliphatic rings. The van der Waals surface area contributed by atoms with Gasteiger partial charge in [0.05, 0.1) is 13.0 Å². The van der Waals surface area contributed by atoms with Crippen LogP contribution in [0.1, 0.15) is 84.5 Å². The molecule has 0 aromatic carbocycles. The highest BCUT2D eigenvalue weighted by molar-refractivity contribution is 7.80. The van der Waals surface area contributed by atoms with Crippen LogP contribution in [0.3, 0.4) is 0 Å². The molecule has 0 bridgehead atoms. The van der Waals surface area contributed by atoms with Gasteiger partial charge in [-0.15, -0.1) is 0 Å². The molecule has 2 N–H and O–H groups in total. The highest BCUT2D eigenvalue weighted by Gasteiger charge is 2.33. The molecule has 29 heavy (non-hydrogen) atoms. The number of carbonyl (C=O) groups is 3. The molecule has 7 nitrogen and oxygen atoms in total. The Morgan fingerprint density at radius 1 is 1.10 bits per heavy atom. The number of rotatable bonds is 13. The van der Waals surface area contributed by atoms with Crippen LogP contribution in [0.15, 0.2) is 0 Å².